The Morgan fingerprint density at radius 2 is 2.09 bits per heavy atom. The van der Waals surface area contributed by atoms with E-state index in [-0.39, 0.29) is 6.03 Å². The van der Waals surface area contributed by atoms with E-state index >= 15 is 0 Å². The van der Waals surface area contributed by atoms with Crippen molar-refractivity contribution < 1.29 is 9.21 Å². The number of benzene rings is 2. The first-order valence-electron chi connectivity index (χ1n) is 6.92. The largest absolute Gasteiger partial charge is 0.419 e. The molecule has 1 heterocycles. The smallest absolute Gasteiger partial charge is 0.408 e. The second-order valence-corrected chi connectivity index (χ2v) is 5.48. The molecule has 0 bridgehead atoms. The summed E-state index contributed by atoms with van der Waals surface area (Å²) in [6, 6.07) is 11.9. The highest BCUT2D eigenvalue weighted by molar-refractivity contribution is 6.30. The molecule has 2 N–H and O–H groups in total. The van der Waals surface area contributed by atoms with Gasteiger partial charge in [0.15, 0.2) is 5.58 Å². The SMILES string of the molecule is Cn1c(=O)oc2ccc(NC(=O)NCc3cccc(Cl)c3)cc21. The van der Waals surface area contributed by atoms with Crippen LogP contribution in [0.3, 0.4) is 0 Å². The predicted molar refractivity (Wildman–Crippen MR) is 88.8 cm³/mol. The van der Waals surface area contributed by atoms with Gasteiger partial charge in [-0.05, 0) is 35.9 Å². The molecule has 0 atom stereocenters. The number of nitrogens with one attached hydrogen (secondary N) is 2. The quantitative estimate of drug-likeness (QED) is 0.774. The van der Waals surface area contributed by atoms with Crippen LogP contribution < -0.4 is 16.4 Å². The first-order valence-corrected chi connectivity index (χ1v) is 7.29. The molecule has 3 rings (SSSR count). The molecule has 0 saturated carbocycles. The van der Waals surface area contributed by atoms with Crippen LogP contribution in [0, 0.1) is 0 Å². The number of hydrogen-bond donors (Lipinski definition) is 2. The van der Waals surface area contributed by atoms with Gasteiger partial charge in [0.05, 0.1) is 5.52 Å². The highest BCUT2D eigenvalue weighted by atomic mass is 35.5. The third-order valence-corrected chi connectivity index (χ3v) is 3.63. The highest BCUT2D eigenvalue weighted by Gasteiger charge is 2.08. The van der Waals surface area contributed by atoms with E-state index in [9.17, 15) is 9.59 Å². The van der Waals surface area contributed by atoms with Crippen LogP contribution in [0.2, 0.25) is 5.02 Å². The average molecular weight is 332 g/mol. The van der Waals surface area contributed by atoms with Gasteiger partial charge in [0.1, 0.15) is 0 Å². The van der Waals surface area contributed by atoms with E-state index < -0.39 is 5.76 Å². The van der Waals surface area contributed by atoms with E-state index in [2.05, 4.69) is 10.6 Å². The second-order valence-electron chi connectivity index (χ2n) is 5.05. The molecular weight excluding hydrogens is 318 g/mol. The Labute approximate surface area is 136 Å². The first kappa shape index (κ1) is 15.2. The third kappa shape index (κ3) is 3.37. The molecule has 0 spiro atoms. The molecule has 2 amide bonds. The number of amides is 2. The maximum absolute atomic E-state index is 11.9. The standard InChI is InChI=1S/C16H14ClN3O3/c1-20-13-8-12(5-6-14(13)23-16(20)22)19-15(21)18-9-10-3-2-4-11(17)7-10/h2-8H,9H2,1H3,(H2,18,19,21). The number of nitrogens with zero attached hydrogens (tertiary/aromatic N) is 1. The molecule has 0 saturated heterocycles. The Hall–Kier alpha value is -2.73. The molecule has 1 aromatic heterocycles. The normalized spacial score (nSPS) is 10.7. The molecule has 7 heteroatoms. The number of halogens is 1. The summed E-state index contributed by atoms with van der Waals surface area (Å²) < 4.78 is 6.42. The number of urea groups is 1. The molecule has 2 aromatic carbocycles. The van der Waals surface area contributed by atoms with Crippen LogP contribution in [-0.2, 0) is 13.6 Å². The van der Waals surface area contributed by atoms with Crippen LogP contribution in [0.15, 0.2) is 51.7 Å². The van der Waals surface area contributed by atoms with Crippen molar-refractivity contribution in [2.45, 2.75) is 6.54 Å². The molecule has 0 unspecified atom stereocenters. The van der Waals surface area contributed by atoms with Crippen molar-refractivity contribution in [3.63, 3.8) is 0 Å². The number of aromatic nitrogens is 1. The number of carbonyl (C=O) groups is 1. The molecule has 0 aliphatic rings. The maximum Gasteiger partial charge on any atom is 0.419 e. The summed E-state index contributed by atoms with van der Waals surface area (Å²) in [7, 11) is 1.61. The van der Waals surface area contributed by atoms with Crippen molar-refractivity contribution in [3.05, 3.63) is 63.6 Å². The molecule has 118 valence electrons. The van der Waals surface area contributed by atoms with Gasteiger partial charge >= 0.3 is 11.8 Å². The van der Waals surface area contributed by atoms with Crippen LogP contribution >= 0.6 is 11.6 Å². The fraction of sp³-hybridized carbons (Fsp3) is 0.125. The fourth-order valence-electron chi connectivity index (χ4n) is 2.21. The van der Waals surface area contributed by atoms with Gasteiger partial charge in [0.25, 0.3) is 0 Å². The van der Waals surface area contributed by atoms with Crippen molar-refractivity contribution in [2.75, 3.05) is 5.32 Å². The van der Waals surface area contributed by atoms with Gasteiger partial charge in [0.2, 0.25) is 0 Å². The summed E-state index contributed by atoms with van der Waals surface area (Å²) in [4.78, 5) is 23.4. The van der Waals surface area contributed by atoms with Gasteiger partial charge in [-0.15, -0.1) is 0 Å². The van der Waals surface area contributed by atoms with Crippen molar-refractivity contribution in [2.24, 2.45) is 7.05 Å². The van der Waals surface area contributed by atoms with Gasteiger partial charge in [0, 0.05) is 24.3 Å². The first-order chi connectivity index (χ1) is 11.0. The Kier molecular flexibility index (Phi) is 4.08. The fourth-order valence-corrected chi connectivity index (χ4v) is 2.42. The van der Waals surface area contributed by atoms with Crippen LogP contribution in [-0.4, -0.2) is 10.6 Å². The minimum atomic E-state index is -0.442. The molecule has 0 fully saturated rings. The third-order valence-electron chi connectivity index (χ3n) is 3.39. The zero-order chi connectivity index (χ0) is 16.4. The van der Waals surface area contributed by atoms with E-state index in [0.717, 1.165) is 5.56 Å². The topological polar surface area (TPSA) is 76.3 Å². The van der Waals surface area contributed by atoms with E-state index in [1.807, 2.05) is 12.1 Å². The summed E-state index contributed by atoms with van der Waals surface area (Å²) in [6.45, 7) is 0.360. The number of aryl methyl sites for hydroxylation is 1. The van der Waals surface area contributed by atoms with Gasteiger partial charge < -0.3 is 15.1 Å². The van der Waals surface area contributed by atoms with Crippen LogP contribution in [0.4, 0.5) is 10.5 Å². The summed E-state index contributed by atoms with van der Waals surface area (Å²) >= 11 is 5.90. The zero-order valence-electron chi connectivity index (χ0n) is 12.3. The van der Waals surface area contributed by atoms with Crippen molar-refractivity contribution in [1.82, 2.24) is 9.88 Å². The van der Waals surface area contributed by atoms with E-state index in [1.54, 1.807) is 37.4 Å². The van der Waals surface area contributed by atoms with E-state index in [4.69, 9.17) is 16.0 Å². The lowest BCUT2D eigenvalue weighted by Gasteiger charge is -2.08. The van der Waals surface area contributed by atoms with Crippen LogP contribution in [0.25, 0.3) is 11.1 Å². The number of fused-ring (bicyclic) bond motifs is 1. The monoisotopic (exact) mass is 331 g/mol. The molecule has 23 heavy (non-hydrogen) atoms. The number of anilines is 1. The summed E-state index contributed by atoms with van der Waals surface area (Å²) in [5, 5.41) is 6.08. The van der Waals surface area contributed by atoms with Gasteiger partial charge in [-0.3, -0.25) is 4.57 Å². The number of oxazole rings is 1. The minimum Gasteiger partial charge on any atom is -0.408 e. The Morgan fingerprint density at radius 3 is 2.87 bits per heavy atom. The summed E-state index contributed by atoms with van der Waals surface area (Å²) in [5.41, 5.74) is 2.56. The summed E-state index contributed by atoms with van der Waals surface area (Å²) in [6.07, 6.45) is 0. The van der Waals surface area contributed by atoms with Crippen molar-refractivity contribution in [3.8, 4) is 0 Å². The minimum absolute atomic E-state index is 0.349. The molecule has 0 aliphatic heterocycles. The highest BCUT2D eigenvalue weighted by Crippen LogP contribution is 2.17. The molecule has 3 aromatic rings. The maximum atomic E-state index is 11.9. The van der Waals surface area contributed by atoms with Gasteiger partial charge in [-0.1, -0.05) is 23.7 Å². The lowest BCUT2D eigenvalue weighted by Crippen LogP contribution is -2.28. The molecule has 0 radical (unpaired) electrons. The predicted octanol–water partition coefficient (Wildman–Crippen LogP) is 3.11. The molecular formula is C16H14ClN3O3. The Balaban J connectivity index is 1.68. The average Bonchev–Trinajstić information content (AvgIpc) is 2.80. The number of hydrogen-bond acceptors (Lipinski definition) is 3. The lowest BCUT2D eigenvalue weighted by molar-refractivity contribution is 0.251. The van der Waals surface area contributed by atoms with Gasteiger partial charge in [-0.25, -0.2) is 9.59 Å². The molecule has 6 nitrogen and oxygen atoms in total. The molecule has 0 aliphatic carbocycles. The van der Waals surface area contributed by atoms with Gasteiger partial charge in [-0.2, -0.15) is 0 Å². The van der Waals surface area contributed by atoms with Crippen molar-refractivity contribution >= 4 is 34.4 Å². The van der Waals surface area contributed by atoms with E-state index in [0.29, 0.717) is 28.4 Å². The number of carbonyl (C=O) groups excluding carboxylic acids is 1. The second kappa shape index (κ2) is 6.18. The zero-order valence-corrected chi connectivity index (χ0v) is 13.1. The summed E-state index contributed by atoms with van der Waals surface area (Å²) in [5.74, 6) is -0.442. The van der Waals surface area contributed by atoms with Crippen LogP contribution in [0.1, 0.15) is 5.56 Å². The van der Waals surface area contributed by atoms with Crippen LogP contribution in [0.5, 0.6) is 0 Å². The lowest BCUT2D eigenvalue weighted by atomic mass is 10.2. The van der Waals surface area contributed by atoms with Crippen molar-refractivity contribution in [1.29, 1.82) is 0 Å². The van der Waals surface area contributed by atoms with E-state index in [1.165, 1.54) is 4.57 Å². The number of rotatable bonds is 3. The Bertz CT molecular complexity index is 930. The Morgan fingerprint density at radius 1 is 1.26 bits per heavy atom.